The van der Waals surface area contributed by atoms with Gasteiger partial charge in [-0.3, -0.25) is 67.9 Å². The molecule has 0 spiro atoms. The van der Waals surface area contributed by atoms with Crippen molar-refractivity contribution in [2.75, 3.05) is 95.1 Å². The highest BCUT2D eigenvalue weighted by Crippen LogP contribution is 2.48. The fourth-order valence-electron chi connectivity index (χ4n) is 17.3. The predicted molar refractivity (Wildman–Crippen MR) is 466 cm³/mol. The molecule has 16 atom stereocenters. The van der Waals surface area contributed by atoms with E-state index in [1.165, 1.54) is 70.6 Å². The third-order valence-corrected chi connectivity index (χ3v) is 28.0. The summed E-state index contributed by atoms with van der Waals surface area (Å²) in [4.78, 5) is 99.1. The van der Waals surface area contributed by atoms with E-state index in [9.17, 15) is 33.6 Å². The van der Waals surface area contributed by atoms with Crippen molar-refractivity contribution in [3.63, 3.8) is 0 Å². The van der Waals surface area contributed by atoms with Gasteiger partial charge in [-0.15, -0.1) is 81.2 Å². The number of hydrogen-bond donors (Lipinski definition) is 7. The summed E-state index contributed by atoms with van der Waals surface area (Å²) in [7, 11) is 13.8. The van der Waals surface area contributed by atoms with E-state index in [0.29, 0.717) is 0 Å². The van der Waals surface area contributed by atoms with Crippen LogP contribution in [0.2, 0.25) is 0 Å². The first-order valence-corrected chi connectivity index (χ1v) is 45.4. The van der Waals surface area contributed by atoms with Crippen LogP contribution < -0.4 is 37.2 Å². The molecule has 112 heavy (non-hydrogen) atoms. The Morgan fingerprint density at radius 3 is 0.830 bits per heavy atom. The summed E-state index contributed by atoms with van der Waals surface area (Å²) in [6.07, 6.45) is 24.5. The summed E-state index contributed by atoms with van der Waals surface area (Å²) in [5, 5.41) is 22.8. The Balaban J connectivity index is 0.000000234. The maximum absolute atomic E-state index is 12.5. The van der Waals surface area contributed by atoms with Gasteiger partial charge in [0.15, 0.2) is 0 Å². The molecule has 11 rings (SSSR count). The van der Waals surface area contributed by atoms with Crippen LogP contribution in [0.4, 0.5) is 0 Å². The normalized spacial score (nSPS) is 32.8. The molecule has 21 nitrogen and oxygen atoms in total. The zero-order valence-electron chi connectivity index (χ0n) is 73.2. The van der Waals surface area contributed by atoms with Crippen molar-refractivity contribution < 1.29 is 33.6 Å². The highest BCUT2D eigenvalue weighted by atomic mass is 35.5. The Bertz CT molecular complexity index is 2920. The second kappa shape index (κ2) is 44.0. The number of likely N-dealkylation sites (tertiary alicyclic amines) is 7. The summed E-state index contributed by atoms with van der Waals surface area (Å²) in [5.41, 5.74) is 0.0796. The van der Waals surface area contributed by atoms with Crippen LogP contribution in [0.1, 0.15) is 258 Å². The molecule has 0 aromatic rings. The van der Waals surface area contributed by atoms with Crippen LogP contribution in [0.15, 0.2) is 0 Å². The molecule has 1 unspecified atom stereocenters. The van der Waals surface area contributed by atoms with Gasteiger partial charge in [0.2, 0.25) is 41.4 Å². The molecule has 4 aliphatic carbocycles. The van der Waals surface area contributed by atoms with E-state index < -0.39 is 0 Å². The molecule has 7 aliphatic heterocycles. The van der Waals surface area contributed by atoms with E-state index in [-0.39, 0.29) is 172 Å². The quantitative estimate of drug-likeness (QED) is 0.0804. The molecule has 0 bridgehead atoms. The lowest BCUT2D eigenvalue weighted by Gasteiger charge is -2.36. The van der Waals surface area contributed by atoms with Crippen molar-refractivity contribution in [1.82, 2.24) is 71.5 Å². The van der Waals surface area contributed by atoms with E-state index in [4.69, 9.17) is 81.2 Å². The summed E-state index contributed by atoms with van der Waals surface area (Å²) < 4.78 is 0. The lowest BCUT2D eigenvalue weighted by atomic mass is 9.83. The average molecular weight is 1720 g/mol. The van der Waals surface area contributed by atoms with Crippen LogP contribution in [0.5, 0.6) is 0 Å². The highest BCUT2D eigenvalue weighted by molar-refractivity contribution is 6.23. The summed E-state index contributed by atoms with van der Waals surface area (Å²) in [6, 6.07) is 0.0279. The number of fused-ring (bicyclic) bond motifs is 1. The van der Waals surface area contributed by atoms with Gasteiger partial charge in [-0.25, -0.2) is 0 Å². The number of alkyl halides is 7. The zero-order chi connectivity index (χ0) is 84.6. The van der Waals surface area contributed by atoms with E-state index in [1.54, 1.807) is 0 Å². The number of amides is 7. The maximum Gasteiger partial charge on any atom is 0.237 e. The SMILES string of the molecule is CC(NC(=O)[C@@H]1C[C@H](Cl)CN1C)C(C)(C)C.CCC(C)(C)NC(=O)[C@@H]1C[C@H](Cl)CN1C.CN1C[C@@H](Cl)C[C@H]1C(=O)NC1(C)CCCC1.CN1C[C@@H](Cl)C[C@H]1C(=O)NC1(C)CCCCC1.CN1C[C@@H](Cl)C[C@H]1C(=O)NC12CCCC1CCC2.CN1C[C@H](Cl)C[C@H]1C(=O)NC(C)(C)C.C[C@@H](NC(=O)[C@@H]1C[C@H](Cl)CN1C)C(C)(C)C. The third kappa shape index (κ3) is 31.9. The molecule has 0 aromatic heterocycles. The molecule has 7 heterocycles. The minimum Gasteiger partial charge on any atom is -0.352 e. The first-order chi connectivity index (χ1) is 51.7. The average Bonchev–Trinajstić information content (AvgIpc) is 1.63. The van der Waals surface area contributed by atoms with Crippen LogP contribution in [-0.4, -0.2) is 291 Å². The molecule has 11 aliphatic rings. The van der Waals surface area contributed by atoms with Crippen LogP contribution >= 0.6 is 81.2 Å². The molecular weight excluding hydrogens is 1570 g/mol. The van der Waals surface area contributed by atoms with Crippen molar-refractivity contribution in [2.24, 2.45) is 16.7 Å². The predicted octanol–water partition coefficient (Wildman–Crippen LogP) is 12.5. The van der Waals surface area contributed by atoms with Crippen molar-refractivity contribution in [3.8, 4) is 0 Å². The fourth-order valence-corrected chi connectivity index (χ4v) is 20.0. The maximum atomic E-state index is 12.5. The van der Waals surface area contributed by atoms with Gasteiger partial charge in [0.1, 0.15) is 0 Å². The Kier molecular flexibility index (Phi) is 39.5. The smallest absolute Gasteiger partial charge is 0.237 e. The molecule has 7 N–H and O–H groups in total. The molecule has 0 radical (unpaired) electrons. The lowest BCUT2D eigenvalue weighted by Crippen LogP contribution is -2.53. The Labute approximate surface area is 712 Å². The number of likely N-dealkylation sites (N-methyl/N-ethyl adjacent to an activating group) is 7. The number of carbonyl (C=O) groups is 7. The van der Waals surface area contributed by atoms with Gasteiger partial charge >= 0.3 is 0 Å². The second-order valence-corrected chi connectivity index (χ2v) is 44.0. The minimum absolute atomic E-state index is 0.0104. The van der Waals surface area contributed by atoms with Crippen LogP contribution in [0.3, 0.4) is 0 Å². The van der Waals surface area contributed by atoms with Gasteiger partial charge in [-0.2, -0.15) is 0 Å². The summed E-state index contributed by atoms with van der Waals surface area (Å²) >= 11 is 42.5. The van der Waals surface area contributed by atoms with Gasteiger partial charge in [-0.05, 0) is 231 Å². The summed E-state index contributed by atoms with van der Waals surface area (Å²) in [6.45, 7) is 38.9. The molecule has 4 saturated carbocycles. The molecule has 0 aromatic carbocycles. The Morgan fingerprint density at radius 2 is 0.589 bits per heavy atom. The first kappa shape index (κ1) is 101. The molecule has 28 heteroatoms. The summed E-state index contributed by atoms with van der Waals surface area (Å²) in [5.74, 6) is 1.68. The van der Waals surface area contributed by atoms with Crippen LogP contribution in [-0.2, 0) is 33.6 Å². The van der Waals surface area contributed by atoms with Gasteiger partial charge in [0.05, 0.1) is 42.3 Å². The minimum atomic E-state index is -0.164. The molecule has 7 saturated heterocycles. The van der Waals surface area contributed by atoms with Gasteiger partial charge in [0, 0.05) is 123 Å². The van der Waals surface area contributed by atoms with Gasteiger partial charge < -0.3 is 37.2 Å². The lowest BCUT2D eigenvalue weighted by molar-refractivity contribution is -0.128. The number of rotatable bonds is 14. The second-order valence-electron chi connectivity index (χ2n) is 39.7. The van der Waals surface area contributed by atoms with E-state index in [0.717, 1.165) is 129 Å². The largest absolute Gasteiger partial charge is 0.352 e. The van der Waals surface area contributed by atoms with Gasteiger partial charge in [-0.1, -0.05) is 93.4 Å². The molecule has 11 fully saturated rings. The van der Waals surface area contributed by atoms with Crippen molar-refractivity contribution in [3.05, 3.63) is 0 Å². The third-order valence-electron chi connectivity index (χ3n) is 25.8. The Morgan fingerprint density at radius 1 is 0.348 bits per heavy atom. The standard InChI is InChI=1S/C14H23ClN2O.C13H23ClN2O.C12H21ClN2O.2C12H23ClN2O.C11H21ClN2O.C10H19ClN2O/c1-17-9-11(15)8-12(17)13(18)16-14-6-2-4-10(14)5-3-7-14;1-13(6-4-3-5-7-13)15-12(17)11-8-10(14)9-16(11)2;1-12(5-3-4-6-12)14-11(16)10-7-9(13)8-15(10)2;2*1-8(12(2,3)4)14-11(16)10-6-9(13)7-15(10)5;1-5-11(2,3)13-10(15)9-6-8(12)7-14(9)4;1-10(2,3)12-9(14)8-5-7(11)6-13(8)4/h10-12H,2-9H2,1H3,(H,16,18);10-11H,3-9H2,1-2H3,(H,15,17);9-10H,3-8H2,1-2H3,(H,14,16);2*8-10H,6-7H2,1-5H3,(H,14,16);8-9H,5-7H2,1-4H3,(H,13,15);7-8H,5-6H2,1-4H3,(H,12,14)/t10?,11-,12-,14?;10-,11-;9-,10-;8?,9-,10-;8-,9+,10+;8-,9-;7-,8+/m0000101/s1. The fraction of sp³-hybridized carbons (Fsp3) is 0.917. The molecule has 650 valence electrons. The van der Waals surface area contributed by atoms with E-state index >= 15 is 0 Å². The first-order valence-electron chi connectivity index (χ1n) is 42.3. The van der Waals surface area contributed by atoms with E-state index in [1.807, 2.05) is 117 Å². The van der Waals surface area contributed by atoms with Crippen molar-refractivity contribution >= 4 is 123 Å². The highest BCUT2D eigenvalue weighted by Gasteiger charge is 2.49. The zero-order valence-corrected chi connectivity index (χ0v) is 78.5. The number of hydrogen-bond acceptors (Lipinski definition) is 14. The number of carbonyl (C=O) groups excluding carboxylic acids is 7. The number of nitrogens with one attached hydrogen (secondary N) is 7. The molecular formula is C84H153Cl7N14O7. The van der Waals surface area contributed by atoms with Crippen LogP contribution in [0.25, 0.3) is 0 Å². The van der Waals surface area contributed by atoms with E-state index in [2.05, 4.69) is 114 Å². The number of nitrogens with zero attached hydrogens (tertiary/aromatic N) is 7. The van der Waals surface area contributed by atoms with Gasteiger partial charge in [0.25, 0.3) is 0 Å². The van der Waals surface area contributed by atoms with Crippen molar-refractivity contribution in [2.45, 2.75) is 378 Å². The monoisotopic (exact) mass is 1710 g/mol. The molecule has 7 amide bonds. The van der Waals surface area contributed by atoms with Crippen molar-refractivity contribution in [1.29, 1.82) is 0 Å². The topological polar surface area (TPSA) is 226 Å². The number of halogens is 7. The van der Waals surface area contributed by atoms with Crippen LogP contribution in [0, 0.1) is 16.7 Å². The Hall–Kier alpha value is -1.96.